The molecule has 1 N–H and O–H groups in total. The minimum Gasteiger partial charge on any atom is -0.486 e. The number of aryl methyl sites for hydroxylation is 1. The molecule has 3 aromatic rings. The highest BCUT2D eigenvalue weighted by Gasteiger charge is 2.16. The summed E-state index contributed by atoms with van der Waals surface area (Å²) in [6.07, 6.45) is 0. The number of ether oxygens (including phenoxy) is 2. The lowest BCUT2D eigenvalue weighted by atomic mass is 10.1. The number of carbonyl (C=O) groups excluding carboxylic acids is 1. The zero-order valence-corrected chi connectivity index (χ0v) is 14.2. The van der Waals surface area contributed by atoms with Crippen molar-refractivity contribution in [3.8, 4) is 22.9 Å². The van der Waals surface area contributed by atoms with Gasteiger partial charge in [0.15, 0.2) is 11.5 Å². The molecule has 26 heavy (non-hydrogen) atoms. The van der Waals surface area contributed by atoms with Crippen LogP contribution in [0, 0.1) is 6.92 Å². The summed E-state index contributed by atoms with van der Waals surface area (Å²) in [6.45, 7) is 3.11. The molecule has 0 fully saturated rings. The first-order valence-corrected chi connectivity index (χ1v) is 8.27. The lowest BCUT2D eigenvalue weighted by molar-refractivity contribution is 0.0945. The first-order chi connectivity index (χ1) is 12.7. The second-order valence-electron chi connectivity index (χ2n) is 5.87. The fourth-order valence-electron chi connectivity index (χ4n) is 2.70. The summed E-state index contributed by atoms with van der Waals surface area (Å²) in [5, 5.41) is 6.75. The Morgan fingerprint density at radius 2 is 1.92 bits per heavy atom. The van der Waals surface area contributed by atoms with Gasteiger partial charge < -0.3 is 19.3 Å². The molecule has 1 aliphatic rings. The van der Waals surface area contributed by atoms with E-state index in [0.717, 1.165) is 11.1 Å². The number of hydrogen-bond acceptors (Lipinski definition) is 6. The largest absolute Gasteiger partial charge is 0.486 e. The maximum absolute atomic E-state index is 12.3. The second-order valence-corrected chi connectivity index (χ2v) is 5.87. The summed E-state index contributed by atoms with van der Waals surface area (Å²) in [4.78, 5) is 16.7. The molecule has 1 amide bonds. The fraction of sp³-hybridized carbons (Fsp3) is 0.211. The van der Waals surface area contributed by atoms with Gasteiger partial charge in [0.1, 0.15) is 13.2 Å². The van der Waals surface area contributed by atoms with E-state index in [1.807, 2.05) is 31.2 Å². The van der Waals surface area contributed by atoms with E-state index in [4.69, 9.17) is 14.0 Å². The normalized spacial score (nSPS) is 12.7. The molecule has 1 aromatic heterocycles. The number of aromatic nitrogens is 2. The monoisotopic (exact) mass is 351 g/mol. The zero-order valence-electron chi connectivity index (χ0n) is 14.2. The van der Waals surface area contributed by atoms with E-state index in [1.165, 1.54) is 0 Å². The van der Waals surface area contributed by atoms with Gasteiger partial charge in [0, 0.05) is 11.1 Å². The molecule has 7 heteroatoms. The predicted molar refractivity (Wildman–Crippen MR) is 93.1 cm³/mol. The maximum atomic E-state index is 12.3. The lowest BCUT2D eigenvalue weighted by Crippen LogP contribution is -2.23. The van der Waals surface area contributed by atoms with Crippen molar-refractivity contribution < 1.29 is 18.8 Å². The van der Waals surface area contributed by atoms with Gasteiger partial charge in [-0.25, -0.2) is 0 Å². The molecular formula is C19H17N3O4. The topological polar surface area (TPSA) is 86.5 Å². The Morgan fingerprint density at radius 1 is 1.12 bits per heavy atom. The first kappa shape index (κ1) is 16.1. The van der Waals surface area contributed by atoms with Gasteiger partial charge in [-0.3, -0.25) is 4.79 Å². The van der Waals surface area contributed by atoms with E-state index in [9.17, 15) is 4.79 Å². The van der Waals surface area contributed by atoms with Crippen LogP contribution in [0.1, 0.15) is 21.8 Å². The Hall–Kier alpha value is -3.35. The van der Waals surface area contributed by atoms with Crippen molar-refractivity contribution in [2.24, 2.45) is 0 Å². The number of nitrogens with zero attached hydrogens (tertiary/aromatic N) is 2. The number of amides is 1. The van der Waals surface area contributed by atoms with Gasteiger partial charge in [-0.1, -0.05) is 29.4 Å². The average Bonchev–Trinajstić information content (AvgIpc) is 3.15. The number of benzene rings is 2. The van der Waals surface area contributed by atoms with Crippen LogP contribution in [0.15, 0.2) is 47.0 Å². The molecule has 0 bridgehead atoms. The van der Waals surface area contributed by atoms with Crippen LogP contribution in [0.3, 0.4) is 0 Å². The van der Waals surface area contributed by atoms with Gasteiger partial charge in [0.05, 0.1) is 6.54 Å². The SMILES string of the molecule is Cc1ccccc1-c1noc(CNC(=O)c2ccc3c(c2)OCCO3)n1. The minimum absolute atomic E-state index is 0.145. The third kappa shape index (κ3) is 3.23. The van der Waals surface area contributed by atoms with Crippen LogP contribution < -0.4 is 14.8 Å². The Labute approximate surface area is 149 Å². The van der Waals surface area contributed by atoms with E-state index < -0.39 is 0 Å². The van der Waals surface area contributed by atoms with Crippen LogP contribution in [0.5, 0.6) is 11.5 Å². The molecule has 0 saturated heterocycles. The highest BCUT2D eigenvalue weighted by Crippen LogP contribution is 2.30. The van der Waals surface area contributed by atoms with Crippen LogP contribution in [-0.4, -0.2) is 29.3 Å². The van der Waals surface area contributed by atoms with Crippen LogP contribution in [0.4, 0.5) is 0 Å². The third-order valence-electron chi connectivity index (χ3n) is 4.06. The van der Waals surface area contributed by atoms with Gasteiger partial charge in [-0.2, -0.15) is 4.98 Å². The van der Waals surface area contributed by atoms with Crippen molar-refractivity contribution in [2.75, 3.05) is 13.2 Å². The van der Waals surface area contributed by atoms with Gasteiger partial charge >= 0.3 is 0 Å². The van der Waals surface area contributed by atoms with Crippen LogP contribution in [-0.2, 0) is 6.54 Å². The molecule has 4 rings (SSSR count). The lowest BCUT2D eigenvalue weighted by Gasteiger charge is -2.18. The number of carbonyl (C=O) groups is 1. The van der Waals surface area contributed by atoms with Gasteiger partial charge in [-0.15, -0.1) is 0 Å². The van der Waals surface area contributed by atoms with Crippen molar-refractivity contribution in [1.82, 2.24) is 15.5 Å². The Bertz CT molecular complexity index is 951. The number of fused-ring (bicyclic) bond motifs is 1. The molecule has 0 radical (unpaired) electrons. The average molecular weight is 351 g/mol. The number of rotatable bonds is 4. The smallest absolute Gasteiger partial charge is 0.251 e. The van der Waals surface area contributed by atoms with Crippen molar-refractivity contribution in [1.29, 1.82) is 0 Å². The van der Waals surface area contributed by atoms with Crippen molar-refractivity contribution >= 4 is 5.91 Å². The number of nitrogens with one attached hydrogen (secondary N) is 1. The van der Waals surface area contributed by atoms with Crippen LogP contribution in [0.25, 0.3) is 11.4 Å². The molecule has 0 unspecified atom stereocenters. The van der Waals surface area contributed by atoms with Crippen molar-refractivity contribution in [3.63, 3.8) is 0 Å². The maximum Gasteiger partial charge on any atom is 0.251 e. The molecule has 0 aliphatic carbocycles. The van der Waals surface area contributed by atoms with E-state index in [0.29, 0.717) is 42.0 Å². The number of hydrogen-bond donors (Lipinski definition) is 1. The van der Waals surface area contributed by atoms with Gasteiger partial charge in [-0.05, 0) is 30.7 Å². The molecule has 2 heterocycles. The van der Waals surface area contributed by atoms with E-state index in [-0.39, 0.29) is 12.5 Å². The molecule has 0 spiro atoms. The Morgan fingerprint density at radius 3 is 2.77 bits per heavy atom. The minimum atomic E-state index is -0.252. The fourth-order valence-corrected chi connectivity index (χ4v) is 2.70. The summed E-state index contributed by atoms with van der Waals surface area (Å²) in [5.74, 6) is 1.81. The summed E-state index contributed by atoms with van der Waals surface area (Å²) < 4.78 is 16.2. The molecule has 0 atom stereocenters. The molecular weight excluding hydrogens is 334 g/mol. The third-order valence-corrected chi connectivity index (χ3v) is 4.06. The van der Waals surface area contributed by atoms with Gasteiger partial charge in [0.25, 0.3) is 5.91 Å². The zero-order chi connectivity index (χ0) is 17.9. The predicted octanol–water partition coefficient (Wildman–Crippen LogP) is 2.75. The summed E-state index contributed by atoms with van der Waals surface area (Å²) >= 11 is 0. The molecule has 1 aliphatic heterocycles. The summed E-state index contributed by atoms with van der Waals surface area (Å²) in [7, 11) is 0. The molecule has 132 valence electrons. The standard InChI is InChI=1S/C19H17N3O4/c1-12-4-2-3-5-14(12)18-21-17(26-22-18)11-20-19(23)13-6-7-15-16(10-13)25-9-8-24-15/h2-7,10H,8-9,11H2,1H3,(H,20,23). The highest BCUT2D eigenvalue weighted by molar-refractivity contribution is 5.94. The van der Waals surface area contributed by atoms with E-state index >= 15 is 0 Å². The quantitative estimate of drug-likeness (QED) is 0.778. The first-order valence-electron chi connectivity index (χ1n) is 8.27. The van der Waals surface area contributed by atoms with E-state index in [2.05, 4.69) is 15.5 Å². The van der Waals surface area contributed by atoms with Gasteiger partial charge in [0.2, 0.25) is 11.7 Å². The van der Waals surface area contributed by atoms with Crippen molar-refractivity contribution in [2.45, 2.75) is 13.5 Å². The van der Waals surface area contributed by atoms with Crippen molar-refractivity contribution in [3.05, 3.63) is 59.5 Å². The second kappa shape index (κ2) is 6.87. The van der Waals surface area contributed by atoms with Crippen LogP contribution >= 0.6 is 0 Å². The molecule has 7 nitrogen and oxygen atoms in total. The summed E-state index contributed by atoms with van der Waals surface area (Å²) in [6, 6.07) is 12.9. The van der Waals surface area contributed by atoms with Crippen LogP contribution in [0.2, 0.25) is 0 Å². The molecule has 0 saturated carbocycles. The summed E-state index contributed by atoms with van der Waals surface area (Å²) in [5.41, 5.74) is 2.44. The Balaban J connectivity index is 1.43. The highest BCUT2D eigenvalue weighted by atomic mass is 16.6. The molecule has 2 aromatic carbocycles. The van der Waals surface area contributed by atoms with E-state index in [1.54, 1.807) is 18.2 Å². The Kier molecular flexibility index (Phi) is 4.27.